The van der Waals surface area contributed by atoms with Gasteiger partial charge in [0.25, 0.3) is 0 Å². The van der Waals surface area contributed by atoms with E-state index in [0.29, 0.717) is 39.0 Å². The number of rotatable bonds is 5. The van der Waals surface area contributed by atoms with Crippen LogP contribution in [0.5, 0.6) is 0 Å². The van der Waals surface area contributed by atoms with Crippen LogP contribution in [0, 0.1) is 0 Å². The lowest BCUT2D eigenvalue weighted by molar-refractivity contribution is -0.273. The van der Waals surface area contributed by atoms with Crippen LogP contribution in [0.3, 0.4) is 0 Å². The molecule has 8 heteroatoms. The molecule has 2 unspecified atom stereocenters. The van der Waals surface area contributed by atoms with Gasteiger partial charge in [0.2, 0.25) is 5.91 Å². The van der Waals surface area contributed by atoms with E-state index < -0.39 is 23.8 Å². The fraction of sp³-hybridized carbons (Fsp3) is 0.524. The Morgan fingerprint density at radius 3 is 2.83 bits per heavy atom. The number of esters is 1. The number of carbonyl (C=O) groups is 2. The number of nitrogens with one attached hydrogen (secondary N) is 3. The summed E-state index contributed by atoms with van der Waals surface area (Å²) in [5.74, 6) is -1.30. The first-order chi connectivity index (χ1) is 14.1. The molecule has 3 N–H and O–H groups in total. The summed E-state index contributed by atoms with van der Waals surface area (Å²) < 4.78 is 16.5. The SMILES string of the molecule is COC(=O)C(Cc1c[nH]c2ccccc12)NC(=O)C1CCC2(CN1)OCCCO2. The summed E-state index contributed by atoms with van der Waals surface area (Å²) in [6.07, 6.45) is 4.33. The molecular weight excluding hydrogens is 374 g/mol. The first-order valence-electron chi connectivity index (χ1n) is 10.0. The minimum absolute atomic E-state index is 0.217. The number of ether oxygens (including phenoxy) is 3. The van der Waals surface area contributed by atoms with E-state index in [1.807, 2.05) is 30.5 Å². The molecular formula is C21H27N3O5. The molecule has 156 valence electrons. The molecule has 2 aliphatic rings. The third-order valence-electron chi connectivity index (χ3n) is 5.67. The van der Waals surface area contributed by atoms with Crippen molar-refractivity contribution in [1.82, 2.24) is 15.6 Å². The van der Waals surface area contributed by atoms with Gasteiger partial charge in [0.05, 0.1) is 32.9 Å². The highest BCUT2D eigenvalue weighted by molar-refractivity contribution is 5.89. The van der Waals surface area contributed by atoms with Crippen LogP contribution in [-0.4, -0.2) is 61.6 Å². The predicted octanol–water partition coefficient (Wildman–Crippen LogP) is 1.25. The third kappa shape index (κ3) is 4.29. The van der Waals surface area contributed by atoms with E-state index in [-0.39, 0.29) is 5.91 Å². The van der Waals surface area contributed by atoms with Gasteiger partial charge in [0.1, 0.15) is 6.04 Å². The number of hydrogen-bond donors (Lipinski definition) is 3. The summed E-state index contributed by atoms with van der Waals surface area (Å²) in [7, 11) is 1.33. The molecule has 0 bridgehead atoms. The molecule has 2 atom stereocenters. The molecule has 0 aliphatic carbocycles. The zero-order valence-electron chi connectivity index (χ0n) is 16.5. The van der Waals surface area contributed by atoms with Gasteiger partial charge in [-0.05, 0) is 24.5 Å². The summed E-state index contributed by atoms with van der Waals surface area (Å²) >= 11 is 0. The third-order valence-corrected chi connectivity index (χ3v) is 5.67. The lowest BCUT2D eigenvalue weighted by Gasteiger charge is -2.42. The Balaban J connectivity index is 1.40. The van der Waals surface area contributed by atoms with Crippen molar-refractivity contribution < 1.29 is 23.8 Å². The highest BCUT2D eigenvalue weighted by Gasteiger charge is 2.41. The summed E-state index contributed by atoms with van der Waals surface area (Å²) in [5, 5.41) is 7.10. The highest BCUT2D eigenvalue weighted by atomic mass is 16.7. The number of fused-ring (bicyclic) bond motifs is 1. The van der Waals surface area contributed by atoms with Crippen molar-refractivity contribution in [3.63, 3.8) is 0 Å². The average Bonchev–Trinajstić information content (AvgIpc) is 3.16. The summed E-state index contributed by atoms with van der Waals surface area (Å²) in [5.41, 5.74) is 1.94. The van der Waals surface area contributed by atoms with Crippen molar-refractivity contribution in [2.75, 3.05) is 26.9 Å². The first-order valence-corrected chi connectivity index (χ1v) is 10.0. The zero-order valence-corrected chi connectivity index (χ0v) is 16.5. The number of para-hydroxylation sites is 1. The van der Waals surface area contributed by atoms with Crippen LogP contribution in [0.4, 0.5) is 0 Å². The van der Waals surface area contributed by atoms with Crippen LogP contribution in [0.15, 0.2) is 30.5 Å². The van der Waals surface area contributed by atoms with Crippen LogP contribution in [0.2, 0.25) is 0 Å². The normalized spacial score (nSPS) is 22.3. The molecule has 0 radical (unpaired) electrons. The number of piperidine rings is 1. The second-order valence-electron chi connectivity index (χ2n) is 7.58. The summed E-state index contributed by atoms with van der Waals surface area (Å²) in [4.78, 5) is 28.3. The van der Waals surface area contributed by atoms with Gasteiger partial charge in [-0.3, -0.25) is 4.79 Å². The Kier molecular flexibility index (Phi) is 5.84. The fourth-order valence-corrected chi connectivity index (χ4v) is 4.05. The van der Waals surface area contributed by atoms with Crippen molar-refractivity contribution in [1.29, 1.82) is 0 Å². The molecule has 2 aromatic rings. The van der Waals surface area contributed by atoms with E-state index in [4.69, 9.17) is 14.2 Å². The number of aromatic amines is 1. The molecule has 29 heavy (non-hydrogen) atoms. The van der Waals surface area contributed by atoms with Crippen LogP contribution in [-0.2, 0) is 30.2 Å². The van der Waals surface area contributed by atoms with Crippen LogP contribution in [0.25, 0.3) is 10.9 Å². The predicted molar refractivity (Wildman–Crippen MR) is 106 cm³/mol. The molecule has 1 aromatic heterocycles. The van der Waals surface area contributed by atoms with Gasteiger partial charge < -0.3 is 29.8 Å². The van der Waals surface area contributed by atoms with Gasteiger partial charge in [0.15, 0.2) is 5.79 Å². The van der Waals surface area contributed by atoms with Gasteiger partial charge >= 0.3 is 5.97 Å². The van der Waals surface area contributed by atoms with Crippen molar-refractivity contribution in [3.8, 4) is 0 Å². The minimum Gasteiger partial charge on any atom is -0.467 e. The largest absolute Gasteiger partial charge is 0.467 e. The number of methoxy groups -OCH3 is 1. The molecule has 1 amide bonds. The molecule has 2 fully saturated rings. The van der Waals surface area contributed by atoms with E-state index in [9.17, 15) is 9.59 Å². The number of benzene rings is 1. The topological polar surface area (TPSA) is 102 Å². The maximum absolute atomic E-state index is 12.8. The number of carbonyl (C=O) groups excluding carboxylic acids is 2. The monoisotopic (exact) mass is 401 g/mol. The van der Waals surface area contributed by atoms with E-state index >= 15 is 0 Å². The second-order valence-corrected chi connectivity index (χ2v) is 7.58. The maximum atomic E-state index is 12.8. The van der Waals surface area contributed by atoms with E-state index in [1.165, 1.54) is 7.11 Å². The number of hydrogen-bond acceptors (Lipinski definition) is 6. The summed E-state index contributed by atoms with van der Waals surface area (Å²) in [6.45, 7) is 1.80. The number of amides is 1. The molecule has 8 nitrogen and oxygen atoms in total. The van der Waals surface area contributed by atoms with Gasteiger partial charge in [-0.1, -0.05) is 18.2 Å². The molecule has 1 spiro atoms. The van der Waals surface area contributed by atoms with Crippen molar-refractivity contribution in [2.24, 2.45) is 0 Å². The standard InChI is InChI=1S/C21H27N3O5/c1-27-20(26)18(11-14-12-22-16-6-3-2-5-15(14)16)24-19(25)17-7-8-21(13-23-17)28-9-4-10-29-21/h2-3,5-6,12,17-18,22-23H,4,7-11,13H2,1H3,(H,24,25). The van der Waals surface area contributed by atoms with Gasteiger partial charge in [-0.15, -0.1) is 0 Å². The highest BCUT2D eigenvalue weighted by Crippen LogP contribution is 2.28. The molecule has 2 saturated heterocycles. The molecule has 1 aromatic carbocycles. The van der Waals surface area contributed by atoms with Crippen LogP contribution >= 0.6 is 0 Å². The Morgan fingerprint density at radius 2 is 2.10 bits per heavy atom. The molecule has 3 heterocycles. The Labute approximate surface area is 169 Å². The quantitative estimate of drug-likeness (QED) is 0.652. The zero-order chi connectivity index (χ0) is 20.3. The maximum Gasteiger partial charge on any atom is 0.328 e. The lowest BCUT2D eigenvalue weighted by Crippen LogP contribution is -2.60. The van der Waals surface area contributed by atoms with Crippen molar-refractivity contribution in [2.45, 2.75) is 43.6 Å². The number of aromatic nitrogens is 1. The van der Waals surface area contributed by atoms with Crippen LogP contribution < -0.4 is 10.6 Å². The van der Waals surface area contributed by atoms with Crippen LogP contribution in [0.1, 0.15) is 24.8 Å². The van der Waals surface area contributed by atoms with Gasteiger partial charge in [-0.25, -0.2) is 4.79 Å². The lowest BCUT2D eigenvalue weighted by atomic mass is 9.97. The smallest absolute Gasteiger partial charge is 0.328 e. The Hall–Kier alpha value is -2.42. The number of H-pyrrole nitrogens is 1. The second kappa shape index (κ2) is 8.52. The first kappa shape index (κ1) is 19.9. The Bertz CT molecular complexity index is 864. The van der Waals surface area contributed by atoms with Crippen molar-refractivity contribution in [3.05, 3.63) is 36.0 Å². The van der Waals surface area contributed by atoms with E-state index in [1.54, 1.807) is 0 Å². The molecule has 0 saturated carbocycles. The molecule has 2 aliphatic heterocycles. The Morgan fingerprint density at radius 1 is 1.31 bits per heavy atom. The minimum atomic E-state index is -0.758. The van der Waals surface area contributed by atoms with Crippen molar-refractivity contribution >= 4 is 22.8 Å². The summed E-state index contributed by atoms with van der Waals surface area (Å²) in [6, 6.07) is 6.70. The fourth-order valence-electron chi connectivity index (χ4n) is 4.05. The van der Waals surface area contributed by atoms with E-state index in [0.717, 1.165) is 22.9 Å². The van der Waals surface area contributed by atoms with Gasteiger partial charge in [0, 0.05) is 29.9 Å². The van der Waals surface area contributed by atoms with Gasteiger partial charge in [-0.2, -0.15) is 0 Å². The average molecular weight is 401 g/mol. The molecule has 4 rings (SSSR count). The van der Waals surface area contributed by atoms with E-state index in [2.05, 4.69) is 15.6 Å².